The van der Waals surface area contributed by atoms with E-state index in [9.17, 15) is 0 Å². The third-order valence-corrected chi connectivity index (χ3v) is 3.01. The van der Waals surface area contributed by atoms with Gasteiger partial charge in [-0.05, 0) is 18.9 Å². The summed E-state index contributed by atoms with van der Waals surface area (Å²) in [6.07, 6.45) is 3.09. The zero-order valence-electron chi connectivity index (χ0n) is 10.8. The molecule has 2 N–H and O–H groups in total. The summed E-state index contributed by atoms with van der Waals surface area (Å²) < 4.78 is 0. The second-order valence-electron chi connectivity index (χ2n) is 4.55. The topological polar surface area (TPSA) is 42.2 Å². The zero-order chi connectivity index (χ0) is 12.1. The Kier molecular flexibility index (Phi) is 4.74. The molecule has 1 unspecified atom stereocenters. The van der Waals surface area contributed by atoms with Gasteiger partial charge in [-0.1, -0.05) is 20.3 Å². The summed E-state index contributed by atoms with van der Waals surface area (Å²) in [6.45, 7) is 8.12. The molecular formula is C13H23N3. The average Bonchev–Trinajstić information content (AvgIpc) is 2.28. The summed E-state index contributed by atoms with van der Waals surface area (Å²) in [6, 6.07) is 2.12. The van der Waals surface area contributed by atoms with Crippen LogP contribution in [0, 0.1) is 12.8 Å². The average molecular weight is 221 g/mol. The highest BCUT2D eigenvalue weighted by Gasteiger charge is 2.10. The van der Waals surface area contributed by atoms with E-state index in [-0.39, 0.29) is 0 Å². The number of anilines is 1. The van der Waals surface area contributed by atoms with Crippen LogP contribution in [0.15, 0.2) is 12.3 Å². The van der Waals surface area contributed by atoms with Crippen molar-refractivity contribution < 1.29 is 0 Å². The van der Waals surface area contributed by atoms with E-state index in [4.69, 9.17) is 5.73 Å². The van der Waals surface area contributed by atoms with Crippen molar-refractivity contribution in [1.29, 1.82) is 0 Å². The van der Waals surface area contributed by atoms with E-state index in [1.807, 2.05) is 13.1 Å². The van der Waals surface area contributed by atoms with Crippen molar-refractivity contribution >= 4 is 5.69 Å². The van der Waals surface area contributed by atoms with Crippen LogP contribution in [-0.4, -0.2) is 18.6 Å². The highest BCUT2D eigenvalue weighted by molar-refractivity contribution is 5.53. The molecule has 1 aromatic heterocycles. The maximum atomic E-state index is 5.74. The molecule has 3 nitrogen and oxygen atoms in total. The Morgan fingerprint density at radius 1 is 1.50 bits per heavy atom. The van der Waals surface area contributed by atoms with E-state index in [1.54, 1.807) is 0 Å². The first kappa shape index (κ1) is 13.0. The Balaban J connectivity index is 2.88. The Bertz CT molecular complexity index is 336. The van der Waals surface area contributed by atoms with Crippen molar-refractivity contribution in [3.63, 3.8) is 0 Å². The highest BCUT2D eigenvalue weighted by Crippen LogP contribution is 2.20. The monoisotopic (exact) mass is 221 g/mol. The van der Waals surface area contributed by atoms with Crippen LogP contribution in [0.4, 0.5) is 5.69 Å². The van der Waals surface area contributed by atoms with Gasteiger partial charge in [0.1, 0.15) is 0 Å². The number of hydrogen-bond acceptors (Lipinski definition) is 3. The number of aryl methyl sites for hydroxylation is 1. The van der Waals surface area contributed by atoms with Crippen LogP contribution >= 0.6 is 0 Å². The van der Waals surface area contributed by atoms with Gasteiger partial charge in [-0.2, -0.15) is 0 Å². The molecule has 16 heavy (non-hydrogen) atoms. The lowest BCUT2D eigenvalue weighted by Gasteiger charge is -2.25. The second-order valence-corrected chi connectivity index (χ2v) is 4.55. The highest BCUT2D eigenvalue weighted by atomic mass is 15.1. The number of nitrogens with zero attached hydrogens (tertiary/aromatic N) is 2. The number of nitrogens with two attached hydrogens (primary N) is 1. The van der Waals surface area contributed by atoms with Gasteiger partial charge in [0.25, 0.3) is 0 Å². The van der Waals surface area contributed by atoms with Gasteiger partial charge in [0.05, 0.1) is 0 Å². The van der Waals surface area contributed by atoms with Crippen LogP contribution in [-0.2, 0) is 6.54 Å². The Labute approximate surface area is 98.7 Å². The molecule has 1 rings (SSSR count). The standard InChI is InChI=1S/C13H23N3/c1-5-10(2)9-16(4)13-6-11(3)15-8-12(13)7-14/h6,8,10H,5,7,9,14H2,1-4H3. The van der Waals surface area contributed by atoms with Crippen LogP contribution in [0.1, 0.15) is 31.5 Å². The molecule has 0 fully saturated rings. The molecule has 0 saturated heterocycles. The minimum Gasteiger partial charge on any atom is -0.374 e. The predicted octanol–water partition coefficient (Wildman–Crippen LogP) is 2.33. The molecule has 0 saturated carbocycles. The van der Waals surface area contributed by atoms with E-state index >= 15 is 0 Å². The number of hydrogen-bond donors (Lipinski definition) is 1. The van der Waals surface area contributed by atoms with Gasteiger partial charge in [-0.25, -0.2) is 0 Å². The normalized spacial score (nSPS) is 12.6. The number of rotatable bonds is 5. The van der Waals surface area contributed by atoms with Crippen molar-refractivity contribution in [2.75, 3.05) is 18.5 Å². The molecule has 0 aliphatic heterocycles. The van der Waals surface area contributed by atoms with Crippen molar-refractivity contribution in [3.05, 3.63) is 23.5 Å². The lowest BCUT2D eigenvalue weighted by Crippen LogP contribution is -2.25. The minimum absolute atomic E-state index is 0.549. The summed E-state index contributed by atoms with van der Waals surface area (Å²) in [5.74, 6) is 0.698. The van der Waals surface area contributed by atoms with Gasteiger partial charge in [0.15, 0.2) is 0 Å². The molecule has 1 atom stereocenters. The summed E-state index contributed by atoms with van der Waals surface area (Å²) in [7, 11) is 2.13. The summed E-state index contributed by atoms with van der Waals surface area (Å²) in [5.41, 5.74) is 9.12. The molecule has 0 radical (unpaired) electrons. The third-order valence-electron chi connectivity index (χ3n) is 3.01. The van der Waals surface area contributed by atoms with Crippen molar-refractivity contribution in [2.45, 2.75) is 33.7 Å². The van der Waals surface area contributed by atoms with E-state index in [0.717, 1.165) is 17.8 Å². The molecule has 3 heteroatoms. The Morgan fingerprint density at radius 3 is 2.75 bits per heavy atom. The molecule has 0 spiro atoms. The molecule has 1 aromatic rings. The quantitative estimate of drug-likeness (QED) is 0.829. The molecule has 90 valence electrons. The zero-order valence-corrected chi connectivity index (χ0v) is 10.8. The molecule has 0 bridgehead atoms. The predicted molar refractivity (Wildman–Crippen MR) is 69.6 cm³/mol. The van der Waals surface area contributed by atoms with Crippen molar-refractivity contribution in [1.82, 2.24) is 4.98 Å². The second kappa shape index (κ2) is 5.85. The molecule has 0 aliphatic carbocycles. The fraction of sp³-hybridized carbons (Fsp3) is 0.615. The molecular weight excluding hydrogens is 198 g/mol. The maximum Gasteiger partial charge on any atom is 0.0442 e. The summed E-state index contributed by atoms with van der Waals surface area (Å²) in [4.78, 5) is 6.57. The molecule has 0 aliphatic rings. The van der Waals surface area contributed by atoms with Gasteiger partial charge >= 0.3 is 0 Å². The Morgan fingerprint density at radius 2 is 2.19 bits per heavy atom. The third kappa shape index (κ3) is 3.20. The first-order chi connectivity index (χ1) is 7.58. The maximum absolute atomic E-state index is 5.74. The number of pyridine rings is 1. The smallest absolute Gasteiger partial charge is 0.0442 e. The molecule has 1 heterocycles. The SMILES string of the molecule is CCC(C)CN(C)c1cc(C)ncc1CN. The number of aromatic nitrogens is 1. The van der Waals surface area contributed by atoms with Gasteiger partial charge in [-0.15, -0.1) is 0 Å². The van der Waals surface area contributed by atoms with E-state index in [1.165, 1.54) is 12.1 Å². The minimum atomic E-state index is 0.549. The lowest BCUT2D eigenvalue weighted by molar-refractivity contribution is 0.559. The van der Waals surface area contributed by atoms with Crippen molar-refractivity contribution in [3.8, 4) is 0 Å². The fourth-order valence-electron chi connectivity index (χ4n) is 1.78. The van der Waals surface area contributed by atoms with E-state index < -0.39 is 0 Å². The van der Waals surface area contributed by atoms with Crippen LogP contribution in [0.3, 0.4) is 0 Å². The van der Waals surface area contributed by atoms with Crippen LogP contribution < -0.4 is 10.6 Å². The summed E-state index contributed by atoms with van der Waals surface area (Å²) in [5, 5.41) is 0. The summed E-state index contributed by atoms with van der Waals surface area (Å²) >= 11 is 0. The first-order valence-corrected chi connectivity index (χ1v) is 5.95. The fourth-order valence-corrected chi connectivity index (χ4v) is 1.78. The van der Waals surface area contributed by atoms with Gasteiger partial charge < -0.3 is 10.6 Å². The van der Waals surface area contributed by atoms with Crippen molar-refractivity contribution in [2.24, 2.45) is 11.7 Å². The van der Waals surface area contributed by atoms with E-state index in [2.05, 4.69) is 36.8 Å². The van der Waals surface area contributed by atoms with Gasteiger partial charge in [0, 0.05) is 43.3 Å². The van der Waals surface area contributed by atoms with Gasteiger partial charge in [0.2, 0.25) is 0 Å². The van der Waals surface area contributed by atoms with Crippen LogP contribution in [0.5, 0.6) is 0 Å². The van der Waals surface area contributed by atoms with Crippen LogP contribution in [0.2, 0.25) is 0 Å². The van der Waals surface area contributed by atoms with Gasteiger partial charge in [-0.3, -0.25) is 4.98 Å². The Hall–Kier alpha value is -1.09. The first-order valence-electron chi connectivity index (χ1n) is 5.95. The largest absolute Gasteiger partial charge is 0.374 e. The molecule has 0 aromatic carbocycles. The van der Waals surface area contributed by atoms with Crippen LogP contribution in [0.25, 0.3) is 0 Å². The van der Waals surface area contributed by atoms with E-state index in [0.29, 0.717) is 12.5 Å². The lowest BCUT2D eigenvalue weighted by atomic mass is 10.1. The molecule has 0 amide bonds.